The van der Waals surface area contributed by atoms with E-state index >= 15 is 0 Å². The van der Waals surface area contributed by atoms with E-state index < -0.39 is 5.41 Å². The molecular formula is C49H26N6OS. The number of pyridine rings is 2. The summed E-state index contributed by atoms with van der Waals surface area (Å²) in [5.41, 5.74) is 12.5. The summed E-state index contributed by atoms with van der Waals surface area (Å²) in [5.74, 6) is 1.59. The summed E-state index contributed by atoms with van der Waals surface area (Å²) in [5, 5.41) is 21.5. The lowest BCUT2D eigenvalue weighted by Crippen LogP contribution is -2.34. The van der Waals surface area contributed by atoms with Crippen molar-refractivity contribution in [3.63, 3.8) is 0 Å². The fourth-order valence-electron chi connectivity index (χ4n) is 9.37. The van der Waals surface area contributed by atoms with Crippen LogP contribution in [0, 0.1) is 22.7 Å². The first kappa shape index (κ1) is 31.7. The van der Waals surface area contributed by atoms with Crippen molar-refractivity contribution < 1.29 is 4.74 Å². The molecule has 0 fully saturated rings. The Bertz CT molecular complexity index is 3150. The van der Waals surface area contributed by atoms with Gasteiger partial charge in [-0.3, -0.25) is 9.97 Å². The van der Waals surface area contributed by atoms with Crippen LogP contribution in [0.1, 0.15) is 33.4 Å². The first-order valence-electron chi connectivity index (χ1n) is 18.6. The van der Waals surface area contributed by atoms with Crippen LogP contribution in [0.5, 0.6) is 11.5 Å². The summed E-state index contributed by atoms with van der Waals surface area (Å²) in [6.45, 7) is 0. The van der Waals surface area contributed by atoms with E-state index in [4.69, 9.17) is 14.7 Å². The Balaban J connectivity index is 1.17. The van der Waals surface area contributed by atoms with Crippen LogP contribution >= 0.6 is 11.8 Å². The fourth-order valence-corrected chi connectivity index (χ4v) is 10.6. The average molecular weight is 747 g/mol. The number of rotatable bonds is 2. The van der Waals surface area contributed by atoms with Crippen LogP contribution in [-0.2, 0) is 5.41 Å². The molecule has 3 aromatic heterocycles. The predicted octanol–water partition coefficient (Wildman–Crippen LogP) is 11.7. The SMILES string of the molecule is N#Cc1ccc2c(c1)c1cc(C#N)ccc1n2-c1ccc2c(c1)Sc1cccc(N3c4ccccc4Oc4ccccc43)c1C21c2cccnc2-c2ncccc21. The summed E-state index contributed by atoms with van der Waals surface area (Å²) < 4.78 is 8.74. The largest absolute Gasteiger partial charge is 0.453 e. The Morgan fingerprint density at radius 2 is 1.14 bits per heavy atom. The molecule has 7 nitrogen and oxygen atoms in total. The molecule has 9 aromatic rings. The number of hydrogen-bond donors (Lipinski definition) is 0. The topological polar surface area (TPSA) is 90.8 Å². The smallest absolute Gasteiger partial charge is 0.151 e. The Morgan fingerprint density at radius 1 is 0.544 bits per heavy atom. The lowest BCUT2D eigenvalue weighted by atomic mass is 9.67. The molecule has 0 unspecified atom stereocenters. The quantitative estimate of drug-likeness (QED) is 0.174. The molecule has 6 aromatic carbocycles. The molecule has 0 saturated heterocycles. The van der Waals surface area contributed by atoms with Crippen molar-refractivity contribution in [2.24, 2.45) is 0 Å². The van der Waals surface area contributed by atoms with Gasteiger partial charge < -0.3 is 14.2 Å². The molecule has 0 radical (unpaired) electrons. The maximum absolute atomic E-state index is 9.82. The highest BCUT2D eigenvalue weighted by molar-refractivity contribution is 7.99. The number of nitrogens with zero attached hydrogens (tertiary/aromatic N) is 6. The van der Waals surface area contributed by atoms with Gasteiger partial charge >= 0.3 is 0 Å². The number of aromatic nitrogens is 3. The number of anilines is 3. The number of para-hydroxylation sites is 4. The van der Waals surface area contributed by atoms with Crippen molar-refractivity contribution in [2.75, 3.05) is 4.90 Å². The molecule has 0 amide bonds. The van der Waals surface area contributed by atoms with E-state index in [0.29, 0.717) is 11.1 Å². The van der Waals surface area contributed by atoms with Gasteiger partial charge in [0.05, 0.1) is 68.2 Å². The molecule has 12 rings (SSSR count). The Kier molecular flexibility index (Phi) is 6.49. The minimum absolute atomic E-state index is 0.575. The number of ether oxygens (including phenoxy) is 1. The summed E-state index contributed by atoms with van der Waals surface area (Å²) in [4.78, 5) is 14.6. The molecule has 1 spiro atoms. The summed E-state index contributed by atoms with van der Waals surface area (Å²) in [6.07, 6.45) is 3.72. The number of benzene rings is 6. The second-order valence-corrected chi connectivity index (χ2v) is 15.5. The summed E-state index contributed by atoms with van der Waals surface area (Å²) in [6, 6.07) is 54.5. The monoisotopic (exact) mass is 746 g/mol. The van der Waals surface area contributed by atoms with Gasteiger partial charge in [-0.2, -0.15) is 10.5 Å². The van der Waals surface area contributed by atoms with Crippen molar-refractivity contribution in [3.05, 3.63) is 191 Å². The van der Waals surface area contributed by atoms with E-state index in [1.807, 2.05) is 85.2 Å². The van der Waals surface area contributed by atoms with Gasteiger partial charge in [0.25, 0.3) is 0 Å². The minimum atomic E-state index is -0.773. The van der Waals surface area contributed by atoms with Gasteiger partial charge in [-0.25, -0.2) is 0 Å². The lowest BCUT2D eigenvalue weighted by Gasteiger charge is -2.43. The first-order chi connectivity index (χ1) is 28.2. The van der Waals surface area contributed by atoms with E-state index in [1.165, 1.54) is 0 Å². The van der Waals surface area contributed by atoms with Gasteiger partial charge in [-0.05, 0) is 114 Å². The number of nitriles is 2. The zero-order valence-corrected chi connectivity index (χ0v) is 30.8. The van der Waals surface area contributed by atoms with Gasteiger partial charge in [0.1, 0.15) is 0 Å². The molecule has 1 aliphatic carbocycles. The molecule has 5 heterocycles. The summed E-state index contributed by atoms with van der Waals surface area (Å²) in [7, 11) is 0. The fraction of sp³-hybridized carbons (Fsp3) is 0.0204. The summed E-state index contributed by atoms with van der Waals surface area (Å²) >= 11 is 1.77. The Morgan fingerprint density at radius 3 is 1.75 bits per heavy atom. The molecule has 0 bridgehead atoms. The molecule has 0 atom stereocenters. The molecule has 0 saturated carbocycles. The third-order valence-corrected chi connectivity index (χ3v) is 12.7. The Labute approximate surface area is 331 Å². The van der Waals surface area contributed by atoms with Gasteiger partial charge in [-0.15, -0.1) is 0 Å². The second-order valence-electron chi connectivity index (χ2n) is 14.4. The third kappa shape index (κ3) is 4.20. The van der Waals surface area contributed by atoms with Crippen molar-refractivity contribution in [2.45, 2.75) is 15.2 Å². The van der Waals surface area contributed by atoms with Crippen molar-refractivity contribution in [1.82, 2.24) is 14.5 Å². The molecule has 0 N–H and O–H groups in total. The lowest BCUT2D eigenvalue weighted by molar-refractivity contribution is 0.476. The van der Waals surface area contributed by atoms with Crippen molar-refractivity contribution >= 4 is 50.6 Å². The van der Waals surface area contributed by atoms with E-state index in [0.717, 1.165) is 99.5 Å². The van der Waals surface area contributed by atoms with Gasteiger partial charge in [0.15, 0.2) is 11.5 Å². The molecule has 2 aliphatic heterocycles. The number of hydrogen-bond acceptors (Lipinski definition) is 7. The minimum Gasteiger partial charge on any atom is -0.453 e. The zero-order valence-electron chi connectivity index (χ0n) is 30.0. The number of fused-ring (bicyclic) bond motifs is 14. The molecule has 57 heavy (non-hydrogen) atoms. The van der Waals surface area contributed by atoms with Crippen molar-refractivity contribution in [1.29, 1.82) is 10.5 Å². The standard InChI is InChI=1S/C49H26N6OS/c50-27-29-16-20-37-32(24-29)33-25-30(28-51)17-21-38(33)54(37)31-18-19-34-45(26-31)57-44-15-5-12-41(55-39-10-1-3-13-42(39)56-43-14-4-2-11-40(43)55)46(44)49(34)35-8-6-22-52-47(35)48-36(49)9-7-23-53-48/h1-26H. The molecule has 3 aliphatic rings. The maximum Gasteiger partial charge on any atom is 0.151 e. The van der Waals surface area contributed by atoms with Crippen LogP contribution in [0.4, 0.5) is 17.1 Å². The van der Waals surface area contributed by atoms with Gasteiger partial charge in [0, 0.05) is 44.2 Å². The van der Waals surface area contributed by atoms with Crippen LogP contribution < -0.4 is 9.64 Å². The normalized spacial score (nSPS) is 13.8. The highest BCUT2D eigenvalue weighted by atomic mass is 32.2. The van der Waals surface area contributed by atoms with E-state index in [1.54, 1.807) is 11.8 Å². The zero-order chi connectivity index (χ0) is 37.8. The van der Waals surface area contributed by atoms with Crippen LogP contribution in [0.25, 0.3) is 38.9 Å². The molecule has 8 heteroatoms. The highest BCUT2D eigenvalue weighted by Crippen LogP contribution is 2.65. The third-order valence-electron chi connectivity index (χ3n) is 11.6. The van der Waals surface area contributed by atoms with Gasteiger partial charge in [0.2, 0.25) is 0 Å². The predicted molar refractivity (Wildman–Crippen MR) is 222 cm³/mol. The maximum atomic E-state index is 9.82. The second kappa shape index (κ2) is 11.7. The van der Waals surface area contributed by atoms with E-state index in [2.05, 4.69) is 94.4 Å². The van der Waals surface area contributed by atoms with Crippen LogP contribution in [0.3, 0.4) is 0 Å². The van der Waals surface area contributed by atoms with Crippen LogP contribution in [0.15, 0.2) is 168 Å². The van der Waals surface area contributed by atoms with E-state index in [-0.39, 0.29) is 0 Å². The first-order valence-corrected chi connectivity index (χ1v) is 19.4. The van der Waals surface area contributed by atoms with Crippen LogP contribution in [-0.4, -0.2) is 14.5 Å². The molecule has 264 valence electrons. The molecular weight excluding hydrogens is 721 g/mol. The highest BCUT2D eigenvalue weighted by Gasteiger charge is 2.53. The van der Waals surface area contributed by atoms with Gasteiger partial charge in [-0.1, -0.05) is 60.3 Å². The Hall–Kier alpha value is -7.65. The van der Waals surface area contributed by atoms with E-state index in [9.17, 15) is 10.5 Å². The average Bonchev–Trinajstić information content (AvgIpc) is 3.75. The van der Waals surface area contributed by atoms with Crippen molar-refractivity contribution in [3.8, 4) is 40.7 Å². The van der Waals surface area contributed by atoms with Crippen LogP contribution in [0.2, 0.25) is 0 Å².